The molecule has 1 N–H and O–H groups in total. The smallest absolute Gasteiger partial charge is 0.150 e. The maximum atomic E-state index is 13.4. The number of nitrogens with zero attached hydrogens (tertiary/aromatic N) is 3. The summed E-state index contributed by atoms with van der Waals surface area (Å²) in [6.07, 6.45) is 4.46. The number of rotatable bonds is 7. The van der Waals surface area contributed by atoms with Crippen LogP contribution in [0.4, 0.5) is 10.2 Å². The molecule has 0 fully saturated rings. The van der Waals surface area contributed by atoms with Crippen LogP contribution >= 0.6 is 0 Å². The van der Waals surface area contributed by atoms with Crippen molar-refractivity contribution in [1.82, 2.24) is 14.5 Å². The third-order valence-corrected chi connectivity index (χ3v) is 4.59. The standard InChI is InChI=1S/C22H21FN4O/c1-28-13-5-12-24-21-20-19(16-6-3-2-4-7-16)14-27(22(20)26-15-25-21)18-10-8-17(23)9-11-18/h2-4,6-11,14-15H,5,12-13H2,1H3,(H,24,25,26). The Morgan fingerprint density at radius 3 is 2.57 bits per heavy atom. The molecule has 6 heteroatoms. The van der Waals surface area contributed by atoms with E-state index in [4.69, 9.17) is 4.74 Å². The van der Waals surface area contributed by atoms with E-state index in [2.05, 4.69) is 27.4 Å². The van der Waals surface area contributed by atoms with Crippen molar-refractivity contribution in [2.24, 2.45) is 0 Å². The van der Waals surface area contributed by atoms with Gasteiger partial charge in [0.15, 0.2) is 5.65 Å². The normalized spacial score (nSPS) is 11.1. The third-order valence-electron chi connectivity index (χ3n) is 4.59. The number of fused-ring (bicyclic) bond motifs is 1. The lowest BCUT2D eigenvalue weighted by Gasteiger charge is -2.08. The van der Waals surface area contributed by atoms with E-state index in [1.54, 1.807) is 25.6 Å². The second-order valence-corrected chi connectivity index (χ2v) is 6.45. The van der Waals surface area contributed by atoms with Crippen LogP contribution in [0.2, 0.25) is 0 Å². The molecule has 5 nitrogen and oxygen atoms in total. The first-order valence-electron chi connectivity index (χ1n) is 9.18. The lowest BCUT2D eigenvalue weighted by Crippen LogP contribution is -2.07. The first kappa shape index (κ1) is 18.1. The Kier molecular flexibility index (Phi) is 5.30. The minimum Gasteiger partial charge on any atom is -0.385 e. The number of hydrogen-bond acceptors (Lipinski definition) is 4. The Morgan fingerprint density at radius 2 is 1.82 bits per heavy atom. The van der Waals surface area contributed by atoms with Gasteiger partial charge in [-0.05, 0) is 36.2 Å². The van der Waals surface area contributed by atoms with Gasteiger partial charge in [0.2, 0.25) is 0 Å². The largest absolute Gasteiger partial charge is 0.385 e. The van der Waals surface area contributed by atoms with Gasteiger partial charge in [0.05, 0.1) is 5.39 Å². The SMILES string of the molecule is COCCCNc1ncnc2c1c(-c1ccccc1)cn2-c1ccc(F)cc1. The van der Waals surface area contributed by atoms with Crippen molar-refractivity contribution >= 4 is 16.9 Å². The van der Waals surface area contributed by atoms with Gasteiger partial charge in [0.1, 0.15) is 18.0 Å². The molecule has 2 heterocycles. The molecule has 0 atom stereocenters. The molecule has 0 spiro atoms. The summed E-state index contributed by atoms with van der Waals surface area (Å²) in [5.74, 6) is 0.513. The van der Waals surface area contributed by atoms with Crippen LogP contribution in [-0.2, 0) is 4.74 Å². The molecule has 2 aromatic carbocycles. The molecule has 0 unspecified atom stereocenters. The van der Waals surface area contributed by atoms with E-state index in [0.29, 0.717) is 6.61 Å². The molecule has 0 aliphatic heterocycles. The first-order valence-corrected chi connectivity index (χ1v) is 9.18. The Hall–Kier alpha value is -3.25. The minimum absolute atomic E-state index is 0.265. The van der Waals surface area contributed by atoms with Crippen LogP contribution in [0.25, 0.3) is 27.8 Å². The molecule has 0 radical (unpaired) electrons. The van der Waals surface area contributed by atoms with Gasteiger partial charge in [0.25, 0.3) is 0 Å². The maximum Gasteiger partial charge on any atom is 0.150 e. The number of nitrogens with one attached hydrogen (secondary N) is 1. The predicted octanol–water partition coefficient (Wildman–Crippen LogP) is 4.68. The maximum absolute atomic E-state index is 13.4. The lowest BCUT2D eigenvalue weighted by molar-refractivity contribution is 0.198. The van der Waals surface area contributed by atoms with E-state index in [0.717, 1.165) is 46.6 Å². The van der Waals surface area contributed by atoms with Crippen LogP contribution in [0.3, 0.4) is 0 Å². The fraction of sp³-hybridized carbons (Fsp3) is 0.182. The van der Waals surface area contributed by atoms with Gasteiger partial charge < -0.3 is 14.6 Å². The average Bonchev–Trinajstić information content (AvgIpc) is 3.13. The first-order chi connectivity index (χ1) is 13.8. The van der Waals surface area contributed by atoms with Crippen molar-refractivity contribution in [3.8, 4) is 16.8 Å². The molecular formula is C22H21FN4O. The number of hydrogen-bond donors (Lipinski definition) is 1. The molecule has 0 bridgehead atoms. The number of anilines is 1. The summed E-state index contributed by atoms with van der Waals surface area (Å²) in [5.41, 5.74) is 3.71. The zero-order valence-electron chi connectivity index (χ0n) is 15.6. The molecule has 0 aliphatic rings. The number of aromatic nitrogens is 3. The molecule has 4 rings (SSSR count). The summed E-state index contributed by atoms with van der Waals surface area (Å²) in [6.45, 7) is 1.43. The summed E-state index contributed by atoms with van der Waals surface area (Å²) in [4.78, 5) is 9.00. The van der Waals surface area contributed by atoms with Crippen LogP contribution in [0.15, 0.2) is 67.1 Å². The van der Waals surface area contributed by atoms with Gasteiger partial charge in [-0.25, -0.2) is 14.4 Å². The minimum atomic E-state index is -0.265. The molecule has 4 aromatic rings. The molecule has 142 valence electrons. The fourth-order valence-corrected chi connectivity index (χ4v) is 3.25. The Labute approximate surface area is 162 Å². The van der Waals surface area contributed by atoms with Gasteiger partial charge in [0, 0.05) is 37.7 Å². The highest BCUT2D eigenvalue weighted by Gasteiger charge is 2.17. The van der Waals surface area contributed by atoms with E-state index in [1.807, 2.05) is 29.0 Å². The number of halogens is 1. The highest BCUT2D eigenvalue weighted by Crippen LogP contribution is 2.35. The Balaban J connectivity index is 1.86. The highest BCUT2D eigenvalue weighted by atomic mass is 19.1. The molecule has 28 heavy (non-hydrogen) atoms. The molecule has 0 amide bonds. The van der Waals surface area contributed by atoms with E-state index >= 15 is 0 Å². The van der Waals surface area contributed by atoms with E-state index in [1.165, 1.54) is 12.1 Å². The Morgan fingerprint density at radius 1 is 1.04 bits per heavy atom. The number of methoxy groups -OCH3 is 1. The van der Waals surface area contributed by atoms with Gasteiger partial charge in [-0.15, -0.1) is 0 Å². The quantitative estimate of drug-likeness (QED) is 0.476. The zero-order valence-corrected chi connectivity index (χ0v) is 15.6. The van der Waals surface area contributed by atoms with E-state index in [-0.39, 0.29) is 5.82 Å². The van der Waals surface area contributed by atoms with Crippen LogP contribution in [0.5, 0.6) is 0 Å². The van der Waals surface area contributed by atoms with Crippen LogP contribution < -0.4 is 5.32 Å². The van der Waals surface area contributed by atoms with Crippen molar-refractivity contribution in [2.45, 2.75) is 6.42 Å². The molecule has 0 aliphatic carbocycles. The summed E-state index contributed by atoms with van der Waals surface area (Å²) in [6, 6.07) is 16.5. The van der Waals surface area contributed by atoms with Gasteiger partial charge in [-0.2, -0.15) is 0 Å². The van der Waals surface area contributed by atoms with Gasteiger partial charge >= 0.3 is 0 Å². The van der Waals surface area contributed by atoms with E-state index in [9.17, 15) is 4.39 Å². The third kappa shape index (κ3) is 3.59. The monoisotopic (exact) mass is 376 g/mol. The summed E-state index contributed by atoms with van der Waals surface area (Å²) in [7, 11) is 1.69. The highest BCUT2D eigenvalue weighted by molar-refractivity contribution is 6.02. The molecular weight excluding hydrogens is 355 g/mol. The van der Waals surface area contributed by atoms with Crippen molar-refractivity contribution < 1.29 is 9.13 Å². The van der Waals surface area contributed by atoms with Crippen molar-refractivity contribution in [3.63, 3.8) is 0 Å². The fourth-order valence-electron chi connectivity index (χ4n) is 3.25. The average molecular weight is 376 g/mol. The predicted molar refractivity (Wildman–Crippen MR) is 109 cm³/mol. The molecule has 0 saturated heterocycles. The summed E-state index contributed by atoms with van der Waals surface area (Å²) >= 11 is 0. The van der Waals surface area contributed by atoms with E-state index < -0.39 is 0 Å². The summed E-state index contributed by atoms with van der Waals surface area (Å²) in [5, 5.41) is 4.34. The zero-order chi connectivity index (χ0) is 19.3. The molecule has 0 saturated carbocycles. The second kappa shape index (κ2) is 8.19. The van der Waals surface area contributed by atoms with Crippen molar-refractivity contribution in [1.29, 1.82) is 0 Å². The van der Waals surface area contributed by atoms with Crippen LogP contribution in [0, 0.1) is 5.82 Å². The van der Waals surface area contributed by atoms with Crippen molar-refractivity contribution in [2.75, 3.05) is 25.6 Å². The Bertz CT molecular complexity index is 1060. The lowest BCUT2D eigenvalue weighted by atomic mass is 10.1. The molecule has 2 aromatic heterocycles. The number of benzene rings is 2. The topological polar surface area (TPSA) is 52.0 Å². The van der Waals surface area contributed by atoms with Crippen LogP contribution in [-0.4, -0.2) is 34.8 Å². The summed E-state index contributed by atoms with van der Waals surface area (Å²) < 4.78 is 20.5. The second-order valence-electron chi connectivity index (χ2n) is 6.45. The number of ether oxygens (including phenoxy) is 1. The van der Waals surface area contributed by atoms with Gasteiger partial charge in [-0.1, -0.05) is 30.3 Å². The van der Waals surface area contributed by atoms with Crippen molar-refractivity contribution in [3.05, 3.63) is 72.9 Å². The van der Waals surface area contributed by atoms with Gasteiger partial charge in [-0.3, -0.25) is 0 Å². The van der Waals surface area contributed by atoms with Crippen LogP contribution in [0.1, 0.15) is 6.42 Å².